The van der Waals surface area contributed by atoms with Crippen LogP contribution >= 0.6 is 24.8 Å². The van der Waals surface area contributed by atoms with Gasteiger partial charge in [0.15, 0.2) is 5.96 Å². The van der Waals surface area contributed by atoms with Crippen LogP contribution in [0.3, 0.4) is 0 Å². The van der Waals surface area contributed by atoms with Crippen molar-refractivity contribution in [2.45, 2.75) is 13.3 Å². The first kappa shape index (κ1) is 24.0. The molecule has 9 heteroatoms. The summed E-state index contributed by atoms with van der Waals surface area (Å²) in [7, 11) is 5.53. The Kier molecular flexibility index (Phi) is 9.48. The summed E-state index contributed by atoms with van der Waals surface area (Å²) >= 11 is 0. The van der Waals surface area contributed by atoms with Crippen LogP contribution in [0, 0.1) is 12.3 Å². The van der Waals surface area contributed by atoms with E-state index >= 15 is 0 Å². The van der Waals surface area contributed by atoms with E-state index in [0.29, 0.717) is 12.3 Å². The Balaban J connectivity index is 0.00000312. The fourth-order valence-electron chi connectivity index (χ4n) is 2.42. The predicted octanol–water partition coefficient (Wildman–Crippen LogP) is 2.62. The number of hydrogen-bond donors (Lipinski definition) is 3. The first-order valence-electron chi connectivity index (χ1n) is 7.83. The van der Waals surface area contributed by atoms with Crippen LogP contribution in [0.25, 0.3) is 10.9 Å². The topological polar surface area (TPSA) is 98.4 Å². The van der Waals surface area contributed by atoms with Gasteiger partial charge in [0.2, 0.25) is 0 Å². The number of benzene rings is 1. The van der Waals surface area contributed by atoms with Gasteiger partial charge in [0, 0.05) is 19.0 Å². The normalized spacial score (nSPS) is 10.2. The largest absolute Gasteiger partial charge is 0.491 e. The average Bonchev–Trinajstić information content (AvgIpc) is 2.97. The Morgan fingerprint density at radius 1 is 1.27 bits per heavy atom. The van der Waals surface area contributed by atoms with Crippen LogP contribution in [0.5, 0.6) is 5.75 Å². The van der Waals surface area contributed by atoms with Gasteiger partial charge in [-0.2, -0.15) is 0 Å². The molecule has 0 spiro atoms. The molecule has 1 amide bonds. The summed E-state index contributed by atoms with van der Waals surface area (Å²) in [4.78, 5) is 18.7. The summed E-state index contributed by atoms with van der Waals surface area (Å²) < 4.78 is 5.88. The number of nitrogens with zero attached hydrogens (tertiary/aromatic N) is 2. The highest BCUT2D eigenvalue weighted by atomic mass is 35.5. The summed E-state index contributed by atoms with van der Waals surface area (Å²) in [5.41, 5.74) is 7.60. The average molecular weight is 404 g/mol. The number of fused-ring (bicyclic) bond motifs is 1. The second-order valence-electron chi connectivity index (χ2n) is 6.11. The molecule has 0 aliphatic carbocycles. The van der Waals surface area contributed by atoms with Gasteiger partial charge in [-0.15, -0.1) is 24.8 Å². The number of nitrogens with one attached hydrogen (secondary N) is 2. The molecule has 0 bridgehead atoms. The predicted molar refractivity (Wildman–Crippen MR) is 110 cm³/mol. The molecule has 0 saturated carbocycles. The Morgan fingerprint density at radius 3 is 2.50 bits per heavy atom. The number of hydrogen-bond acceptors (Lipinski definition) is 4. The van der Waals surface area contributed by atoms with Gasteiger partial charge in [-0.1, -0.05) is 6.07 Å². The molecule has 146 valence electrons. The van der Waals surface area contributed by atoms with Gasteiger partial charge in [-0.05, 0) is 45.1 Å². The van der Waals surface area contributed by atoms with Crippen molar-refractivity contribution >= 4 is 47.6 Å². The Labute approximate surface area is 166 Å². The van der Waals surface area contributed by atoms with Gasteiger partial charge in [0.05, 0.1) is 12.1 Å². The lowest BCUT2D eigenvalue weighted by molar-refractivity contribution is 0.0864. The minimum absolute atomic E-state index is 0. The quantitative estimate of drug-likeness (QED) is 0.392. The first-order valence-corrected chi connectivity index (χ1v) is 7.83. The fourth-order valence-corrected chi connectivity index (χ4v) is 2.42. The molecule has 1 aromatic carbocycles. The molecule has 2 rings (SSSR count). The number of H-pyrrole nitrogens is 1. The molecule has 1 heterocycles. The molecule has 0 unspecified atom stereocenters. The lowest BCUT2D eigenvalue weighted by atomic mass is 10.1. The van der Waals surface area contributed by atoms with E-state index in [9.17, 15) is 4.79 Å². The summed E-state index contributed by atoms with van der Waals surface area (Å²) in [5.74, 6) is 0.0751. The molecular formula is C17H27Cl2N5O2. The first-order chi connectivity index (χ1) is 11.3. The fraction of sp³-hybridized carbons (Fsp3) is 0.412. The summed E-state index contributed by atoms with van der Waals surface area (Å²) in [5, 5.41) is 8.32. The second kappa shape index (κ2) is 10.3. The minimum atomic E-state index is -0.350. The zero-order chi connectivity index (χ0) is 17.9. The van der Waals surface area contributed by atoms with Crippen molar-refractivity contribution in [1.29, 1.82) is 5.41 Å². The Hall–Kier alpha value is -1.96. The minimum Gasteiger partial charge on any atom is -0.491 e. The molecule has 26 heavy (non-hydrogen) atoms. The van der Waals surface area contributed by atoms with Crippen LogP contribution < -0.4 is 10.5 Å². The highest BCUT2D eigenvalue weighted by Crippen LogP contribution is 2.29. The van der Waals surface area contributed by atoms with Crippen molar-refractivity contribution in [3.63, 3.8) is 0 Å². The molecule has 0 aliphatic heterocycles. The standard InChI is InChI=1S/C17H25N5O2.2ClH/c1-11-6-7-14(24-9-5-8-21(2)3)15-12(11)10-13(20-15)16(23)22(4)17(18)19;;/h6-7,10,20H,5,8-9H2,1-4H3,(H3,18,19);2*1H. The number of rotatable bonds is 6. The van der Waals surface area contributed by atoms with Crippen molar-refractivity contribution in [3.8, 4) is 5.75 Å². The third kappa shape index (κ3) is 5.52. The van der Waals surface area contributed by atoms with Gasteiger partial charge in [-0.3, -0.25) is 15.1 Å². The van der Waals surface area contributed by atoms with Crippen LogP contribution in [0.1, 0.15) is 22.5 Å². The van der Waals surface area contributed by atoms with Gasteiger partial charge < -0.3 is 20.4 Å². The van der Waals surface area contributed by atoms with Crippen LogP contribution in [-0.2, 0) is 0 Å². The van der Waals surface area contributed by atoms with E-state index in [1.54, 1.807) is 6.07 Å². The number of nitrogens with two attached hydrogens (primary N) is 1. The van der Waals surface area contributed by atoms with E-state index in [0.717, 1.165) is 40.1 Å². The molecule has 0 saturated heterocycles. The monoisotopic (exact) mass is 403 g/mol. The number of carbonyl (C=O) groups is 1. The van der Waals surface area contributed by atoms with Gasteiger partial charge in [0.25, 0.3) is 5.91 Å². The van der Waals surface area contributed by atoms with Crippen molar-refractivity contribution in [2.75, 3.05) is 34.3 Å². The SMILES string of the molecule is Cc1ccc(OCCCN(C)C)c2[nH]c(C(=O)N(C)C(=N)N)cc12.Cl.Cl. The number of carbonyl (C=O) groups excluding carboxylic acids is 1. The number of aryl methyl sites for hydroxylation is 1. The van der Waals surface area contributed by atoms with E-state index in [-0.39, 0.29) is 36.7 Å². The van der Waals surface area contributed by atoms with E-state index in [4.69, 9.17) is 15.9 Å². The zero-order valence-electron chi connectivity index (χ0n) is 15.5. The van der Waals surface area contributed by atoms with E-state index in [1.165, 1.54) is 7.05 Å². The maximum absolute atomic E-state index is 12.3. The van der Waals surface area contributed by atoms with Gasteiger partial charge in [0.1, 0.15) is 11.4 Å². The molecule has 0 aliphatic rings. The maximum Gasteiger partial charge on any atom is 0.276 e. The summed E-state index contributed by atoms with van der Waals surface area (Å²) in [6.07, 6.45) is 0.919. The zero-order valence-corrected chi connectivity index (χ0v) is 17.1. The van der Waals surface area contributed by atoms with Crippen molar-refractivity contribution in [3.05, 3.63) is 29.5 Å². The molecule has 4 N–H and O–H groups in total. The summed E-state index contributed by atoms with van der Waals surface area (Å²) in [6, 6.07) is 5.66. The number of aromatic nitrogens is 1. The van der Waals surface area contributed by atoms with Gasteiger partial charge in [-0.25, -0.2) is 0 Å². The smallest absolute Gasteiger partial charge is 0.276 e. The van der Waals surface area contributed by atoms with Crippen molar-refractivity contribution < 1.29 is 9.53 Å². The van der Waals surface area contributed by atoms with Crippen molar-refractivity contribution in [1.82, 2.24) is 14.8 Å². The number of ether oxygens (including phenoxy) is 1. The molecule has 7 nitrogen and oxygen atoms in total. The number of aromatic amines is 1. The van der Waals surface area contributed by atoms with Crippen LogP contribution in [0.2, 0.25) is 0 Å². The lowest BCUT2D eigenvalue weighted by Crippen LogP contribution is -2.38. The molecule has 2 aromatic rings. The highest BCUT2D eigenvalue weighted by molar-refractivity contribution is 6.06. The van der Waals surface area contributed by atoms with Crippen LogP contribution in [-0.4, -0.2) is 60.9 Å². The molecule has 0 atom stereocenters. The van der Waals surface area contributed by atoms with E-state index < -0.39 is 0 Å². The lowest BCUT2D eigenvalue weighted by Gasteiger charge is -2.13. The van der Waals surface area contributed by atoms with Crippen LogP contribution in [0.4, 0.5) is 0 Å². The third-order valence-electron chi connectivity index (χ3n) is 3.88. The van der Waals surface area contributed by atoms with Crippen LogP contribution in [0.15, 0.2) is 18.2 Å². The van der Waals surface area contributed by atoms with Gasteiger partial charge >= 0.3 is 0 Å². The van der Waals surface area contributed by atoms with E-state index in [2.05, 4.69) is 9.88 Å². The number of halogens is 2. The third-order valence-corrected chi connectivity index (χ3v) is 3.88. The Morgan fingerprint density at radius 2 is 1.92 bits per heavy atom. The molecule has 1 aromatic heterocycles. The van der Waals surface area contributed by atoms with E-state index in [1.807, 2.05) is 33.2 Å². The molecule has 0 fully saturated rings. The number of guanidine groups is 1. The van der Waals surface area contributed by atoms with Crippen molar-refractivity contribution in [2.24, 2.45) is 5.73 Å². The molecular weight excluding hydrogens is 377 g/mol. The second-order valence-corrected chi connectivity index (χ2v) is 6.11. The maximum atomic E-state index is 12.3. The highest BCUT2D eigenvalue weighted by Gasteiger charge is 2.18. The molecule has 0 radical (unpaired) electrons. The number of amides is 1. The Bertz CT molecular complexity index is 761. The summed E-state index contributed by atoms with van der Waals surface area (Å²) in [6.45, 7) is 3.54.